The third-order valence-electron chi connectivity index (χ3n) is 2.18. The van der Waals surface area contributed by atoms with Gasteiger partial charge in [0.05, 0.1) is 16.8 Å². The van der Waals surface area contributed by atoms with Crippen molar-refractivity contribution in [1.82, 2.24) is 0 Å². The monoisotopic (exact) mass is 247 g/mol. The Bertz CT molecular complexity index is 549. The van der Waals surface area contributed by atoms with Gasteiger partial charge in [-0.1, -0.05) is 12.1 Å². The second-order valence-corrected chi connectivity index (χ2v) is 4.10. The Kier molecular flexibility index (Phi) is 3.20. The molecular formula is C12H9NO3S. The molecule has 0 atom stereocenters. The Hall–Kier alpha value is -2.14. The first-order valence-electron chi connectivity index (χ1n) is 4.84. The van der Waals surface area contributed by atoms with Gasteiger partial charge in [-0.3, -0.25) is 4.79 Å². The van der Waals surface area contributed by atoms with Crippen molar-refractivity contribution in [3.05, 3.63) is 52.2 Å². The fourth-order valence-corrected chi connectivity index (χ4v) is 1.99. The number of anilines is 1. The van der Waals surface area contributed by atoms with Crippen molar-refractivity contribution in [2.24, 2.45) is 0 Å². The summed E-state index contributed by atoms with van der Waals surface area (Å²) in [7, 11) is 0. The van der Waals surface area contributed by atoms with Crippen LogP contribution >= 0.6 is 11.3 Å². The number of amides is 1. The molecule has 1 amide bonds. The largest absolute Gasteiger partial charge is 0.478 e. The molecule has 0 aliphatic rings. The standard InChI is InChI=1S/C12H9NO3S/c14-11(13-8-5-6-17-7-8)9-3-1-2-4-10(9)12(15)16/h1-7H,(H,13,14)(H,15,16). The molecule has 0 fully saturated rings. The van der Waals surface area contributed by atoms with E-state index in [1.165, 1.54) is 23.5 Å². The van der Waals surface area contributed by atoms with Gasteiger partial charge in [0.2, 0.25) is 0 Å². The van der Waals surface area contributed by atoms with E-state index in [2.05, 4.69) is 5.32 Å². The Morgan fingerprint density at radius 3 is 2.41 bits per heavy atom. The van der Waals surface area contributed by atoms with Crippen LogP contribution in [0.4, 0.5) is 5.69 Å². The van der Waals surface area contributed by atoms with Crippen LogP contribution in [0.15, 0.2) is 41.1 Å². The van der Waals surface area contributed by atoms with Crippen molar-refractivity contribution < 1.29 is 14.7 Å². The molecule has 2 N–H and O–H groups in total. The summed E-state index contributed by atoms with van der Waals surface area (Å²) in [6, 6.07) is 7.88. The number of benzene rings is 1. The summed E-state index contributed by atoms with van der Waals surface area (Å²) in [4.78, 5) is 22.8. The van der Waals surface area contributed by atoms with Gasteiger partial charge in [0.1, 0.15) is 0 Å². The maximum atomic E-state index is 11.9. The van der Waals surface area contributed by atoms with E-state index in [-0.39, 0.29) is 11.1 Å². The smallest absolute Gasteiger partial charge is 0.336 e. The van der Waals surface area contributed by atoms with E-state index in [1.807, 2.05) is 5.38 Å². The average Bonchev–Trinajstić information content (AvgIpc) is 2.81. The first-order valence-corrected chi connectivity index (χ1v) is 5.78. The lowest BCUT2D eigenvalue weighted by molar-refractivity contribution is 0.0692. The van der Waals surface area contributed by atoms with Gasteiger partial charge in [0.25, 0.3) is 5.91 Å². The number of carboxylic acid groups (broad SMARTS) is 1. The summed E-state index contributed by atoms with van der Waals surface area (Å²) < 4.78 is 0. The normalized spacial score (nSPS) is 9.88. The third kappa shape index (κ3) is 2.51. The zero-order valence-corrected chi connectivity index (χ0v) is 9.53. The van der Waals surface area contributed by atoms with E-state index in [4.69, 9.17) is 5.11 Å². The number of aromatic carboxylic acids is 1. The van der Waals surface area contributed by atoms with E-state index in [0.717, 1.165) is 0 Å². The number of thiophene rings is 1. The first-order chi connectivity index (χ1) is 8.18. The van der Waals surface area contributed by atoms with E-state index in [0.29, 0.717) is 5.69 Å². The summed E-state index contributed by atoms with van der Waals surface area (Å²) in [6.45, 7) is 0. The topological polar surface area (TPSA) is 66.4 Å². The molecule has 2 aromatic rings. The van der Waals surface area contributed by atoms with E-state index in [9.17, 15) is 9.59 Å². The van der Waals surface area contributed by atoms with Gasteiger partial charge in [-0.05, 0) is 23.6 Å². The highest BCUT2D eigenvalue weighted by Crippen LogP contribution is 2.15. The molecular weight excluding hydrogens is 238 g/mol. The van der Waals surface area contributed by atoms with Crippen LogP contribution in [-0.2, 0) is 0 Å². The predicted molar refractivity (Wildman–Crippen MR) is 65.7 cm³/mol. The molecule has 0 saturated carbocycles. The number of hydrogen-bond acceptors (Lipinski definition) is 3. The van der Waals surface area contributed by atoms with Gasteiger partial charge >= 0.3 is 5.97 Å². The number of nitrogens with one attached hydrogen (secondary N) is 1. The SMILES string of the molecule is O=C(O)c1ccccc1C(=O)Nc1ccsc1. The average molecular weight is 247 g/mol. The first kappa shape index (κ1) is 11.3. The number of carbonyl (C=O) groups is 2. The second-order valence-electron chi connectivity index (χ2n) is 3.32. The molecule has 2 rings (SSSR count). The summed E-state index contributed by atoms with van der Waals surface area (Å²) in [6.07, 6.45) is 0. The molecule has 0 bridgehead atoms. The van der Waals surface area contributed by atoms with Crippen LogP contribution in [0.5, 0.6) is 0 Å². The Balaban J connectivity index is 2.28. The van der Waals surface area contributed by atoms with Gasteiger partial charge in [0, 0.05) is 5.38 Å². The molecule has 17 heavy (non-hydrogen) atoms. The highest BCUT2D eigenvalue weighted by molar-refractivity contribution is 7.08. The predicted octanol–water partition coefficient (Wildman–Crippen LogP) is 2.70. The molecule has 0 saturated heterocycles. The number of carbonyl (C=O) groups excluding carboxylic acids is 1. The second kappa shape index (κ2) is 4.80. The van der Waals surface area contributed by atoms with Crippen LogP contribution in [0, 0.1) is 0 Å². The zero-order chi connectivity index (χ0) is 12.3. The summed E-state index contributed by atoms with van der Waals surface area (Å²) in [5.41, 5.74) is 0.826. The van der Waals surface area contributed by atoms with E-state index in [1.54, 1.807) is 23.6 Å². The molecule has 86 valence electrons. The number of rotatable bonds is 3. The highest BCUT2D eigenvalue weighted by atomic mass is 32.1. The van der Waals surface area contributed by atoms with Crippen molar-refractivity contribution in [2.45, 2.75) is 0 Å². The Labute approximate surface area is 102 Å². The minimum Gasteiger partial charge on any atom is -0.478 e. The summed E-state index contributed by atoms with van der Waals surface area (Å²) in [5, 5.41) is 15.2. The van der Waals surface area contributed by atoms with Crippen LogP contribution in [0.3, 0.4) is 0 Å². The van der Waals surface area contributed by atoms with Gasteiger partial charge in [0.15, 0.2) is 0 Å². The fourth-order valence-electron chi connectivity index (χ4n) is 1.40. The molecule has 0 radical (unpaired) electrons. The number of carboxylic acids is 1. The quantitative estimate of drug-likeness (QED) is 0.876. The van der Waals surface area contributed by atoms with Crippen molar-refractivity contribution in [3.63, 3.8) is 0 Å². The van der Waals surface area contributed by atoms with Gasteiger partial charge in [-0.25, -0.2) is 4.79 Å². The lowest BCUT2D eigenvalue weighted by atomic mass is 10.1. The molecule has 5 heteroatoms. The van der Waals surface area contributed by atoms with Crippen LogP contribution in [0.25, 0.3) is 0 Å². The Morgan fingerprint density at radius 2 is 1.82 bits per heavy atom. The van der Waals surface area contributed by atoms with Crippen molar-refractivity contribution >= 4 is 28.9 Å². The zero-order valence-electron chi connectivity index (χ0n) is 8.71. The summed E-state index contributed by atoms with van der Waals surface area (Å²) in [5.74, 6) is -1.53. The van der Waals surface area contributed by atoms with E-state index < -0.39 is 11.9 Å². The van der Waals surface area contributed by atoms with Crippen LogP contribution in [0.2, 0.25) is 0 Å². The van der Waals surface area contributed by atoms with Crippen LogP contribution < -0.4 is 5.32 Å². The van der Waals surface area contributed by atoms with Crippen molar-refractivity contribution in [2.75, 3.05) is 5.32 Å². The molecule has 1 aromatic heterocycles. The minimum atomic E-state index is -1.11. The minimum absolute atomic E-state index is 0.000213. The molecule has 4 nitrogen and oxygen atoms in total. The van der Waals surface area contributed by atoms with Crippen molar-refractivity contribution in [3.8, 4) is 0 Å². The van der Waals surface area contributed by atoms with Gasteiger partial charge < -0.3 is 10.4 Å². The molecule has 0 unspecified atom stereocenters. The van der Waals surface area contributed by atoms with Crippen LogP contribution in [-0.4, -0.2) is 17.0 Å². The molecule has 1 aromatic carbocycles. The highest BCUT2D eigenvalue weighted by Gasteiger charge is 2.15. The lowest BCUT2D eigenvalue weighted by Crippen LogP contribution is -2.15. The molecule has 0 aliphatic heterocycles. The maximum absolute atomic E-state index is 11.9. The number of hydrogen-bond donors (Lipinski definition) is 2. The lowest BCUT2D eigenvalue weighted by Gasteiger charge is -2.05. The fraction of sp³-hybridized carbons (Fsp3) is 0. The molecule has 1 heterocycles. The van der Waals surface area contributed by atoms with Gasteiger partial charge in [-0.2, -0.15) is 11.3 Å². The van der Waals surface area contributed by atoms with Gasteiger partial charge in [-0.15, -0.1) is 0 Å². The van der Waals surface area contributed by atoms with E-state index >= 15 is 0 Å². The van der Waals surface area contributed by atoms with Crippen molar-refractivity contribution in [1.29, 1.82) is 0 Å². The molecule has 0 spiro atoms. The maximum Gasteiger partial charge on any atom is 0.336 e. The Morgan fingerprint density at radius 1 is 1.12 bits per heavy atom. The van der Waals surface area contributed by atoms with Crippen LogP contribution in [0.1, 0.15) is 20.7 Å². The summed E-state index contributed by atoms with van der Waals surface area (Å²) >= 11 is 1.46. The third-order valence-corrected chi connectivity index (χ3v) is 2.86. The molecule has 0 aliphatic carbocycles.